The van der Waals surface area contributed by atoms with Gasteiger partial charge in [0.25, 0.3) is 0 Å². The molecule has 0 saturated carbocycles. The molecule has 0 atom stereocenters. The molecule has 0 unspecified atom stereocenters. The first-order valence-electron chi connectivity index (χ1n) is 6.91. The summed E-state index contributed by atoms with van der Waals surface area (Å²) >= 11 is 0. The quantitative estimate of drug-likeness (QED) is 0.331. The molecule has 116 valence electrons. The molecule has 0 saturated heterocycles. The molecule has 1 rings (SSSR count). The number of nitrogens with two attached hydrogens (primary N) is 1. The SMILES string of the molecule is C#CCOc1ccc(CCN=C(N)N(CC)CC)cc1.I. The van der Waals surface area contributed by atoms with Crippen molar-refractivity contribution in [2.24, 2.45) is 10.7 Å². The lowest BCUT2D eigenvalue weighted by atomic mass is 10.1. The predicted molar refractivity (Wildman–Crippen MR) is 99.3 cm³/mol. The number of halogens is 1. The largest absolute Gasteiger partial charge is 0.481 e. The molecule has 0 aliphatic carbocycles. The number of benzene rings is 1. The Morgan fingerprint density at radius 3 is 2.43 bits per heavy atom. The van der Waals surface area contributed by atoms with Gasteiger partial charge in [-0.25, -0.2) is 0 Å². The Kier molecular flexibility index (Phi) is 10.5. The van der Waals surface area contributed by atoms with Crippen molar-refractivity contribution in [3.05, 3.63) is 29.8 Å². The van der Waals surface area contributed by atoms with E-state index in [2.05, 4.69) is 24.8 Å². The van der Waals surface area contributed by atoms with Crippen molar-refractivity contribution in [3.63, 3.8) is 0 Å². The van der Waals surface area contributed by atoms with Crippen LogP contribution in [0.15, 0.2) is 29.3 Å². The molecule has 4 nitrogen and oxygen atoms in total. The highest BCUT2D eigenvalue weighted by molar-refractivity contribution is 14.0. The van der Waals surface area contributed by atoms with Crippen LogP contribution >= 0.6 is 24.0 Å². The van der Waals surface area contributed by atoms with Crippen molar-refractivity contribution in [1.82, 2.24) is 4.90 Å². The second kappa shape index (κ2) is 11.3. The second-order valence-corrected chi connectivity index (χ2v) is 4.30. The molecular weight excluding hydrogens is 377 g/mol. The molecule has 2 N–H and O–H groups in total. The van der Waals surface area contributed by atoms with E-state index in [0.717, 1.165) is 25.3 Å². The van der Waals surface area contributed by atoms with Gasteiger partial charge in [0.05, 0.1) is 0 Å². The van der Waals surface area contributed by atoms with Crippen molar-refractivity contribution in [1.29, 1.82) is 0 Å². The van der Waals surface area contributed by atoms with Gasteiger partial charge in [-0.1, -0.05) is 18.1 Å². The van der Waals surface area contributed by atoms with Gasteiger partial charge in [0.2, 0.25) is 0 Å². The molecule has 0 radical (unpaired) electrons. The molecule has 21 heavy (non-hydrogen) atoms. The molecule has 5 heteroatoms. The fraction of sp³-hybridized carbons (Fsp3) is 0.438. The van der Waals surface area contributed by atoms with Crippen molar-refractivity contribution in [2.75, 3.05) is 26.2 Å². The molecular formula is C16H24IN3O. The van der Waals surface area contributed by atoms with Gasteiger partial charge in [-0.15, -0.1) is 30.4 Å². The van der Waals surface area contributed by atoms with Gasteiger partial charge in [-0.2, -0.15) is 0 Å². The Labute approximate surface area is 144 Å². The molecule has 0 amide bonds. The van der Waals surface area contributed by atoms with Crippen LogP contribution in [0.5, 0.6) is 5.75 Å². The Morgan fingerprint density at radius 1 is 1.29 bits per heavy atom. The highest BCUT2D eigenvalue weighted by atomic mass is 127. The van der Waals surface area contributed by atoms with Crippen LogP contribution in [-0.4, -0.2) is 37.1 Å². The average Bonchev–Trinajstić information content (AvgIpc) is 2.47. The topological polar surface area (TPSA) is 50.9 Å². The summed E-state index contributed by atoms with van der Waals surface area (Å²) in [5.74, 6) is 3.85. The molecule has 0 fully saturated rings. The van der Waals surface area contributed by atoms with E-state index >= 15 is 0 Å². The van der Waals surface area contributed by atoms with E-state index in [1.165, 1.54) is 5.56 Å². The van der Waals surface area contributed by atoms with Gasteiger partial charge < -0.3 is 15.4 Å². The van der Waals surface area contributed by atoms with Crippen LogP contribution in [0.1, 0.15) is 19.4 Å². The number of nitrogens with zero attached hydrogens (tertiary/aromatic N) is 2. The Morgan fingerprint density at radius 2 is 1.90 bits per heavy atom. The van der Waals surface area contributed by atoms with E-state index in [0.29, 0.717) is 19.1 Å². The van der Waals surface area contributed by atoms with Crippen molar-refractivity contribution >= 4 is 29.9 Å². The van der Waals surface area contributed by atoms with Gasteiger partial charge >= 0.3 is 0 Å². The molecule has 0 aliphatic rings. The Balaban J connectivity index is 0.00000400. The minimum Gasteiger partial charge on any atom is -0.481 e. The lowest BCUT2D eigenvalue weighted by molar-refractivity contribution is 0.370. The summed E-state index contributed by atoms with van der Waals surface area (Å²) in [6.07, 6.45) is 6.00. The first-order valence-corrected chi connectivity index (χ1v) is 6.91. The van der Waals surface area contributed by atoms with Gasteiger partial charge in [0.15, 0.2) is 5.96 Å². The first-order chi connectivity index (χ1) is 9.71. The summed E-state index contributed by atoms with van der Waals surface area (Å²) in [4.78, 5) is 6.43. The zero-order valence-electron chi connectivity index (χ0n) is 12.7. The summed E-state index contributed by atoms with van der Waals surface area (Å²) in [5, 5.41) is 0. The van der Waals surface area contributed by atoms with Crippen LogP contribution in [0.3, 0.4) is 0 Å². The van der Waals surface area contributed by atoms with Crippen LogP contribution in [0.4, 0.5) is 0 Å². The molecule has 1 aromatic carbocycles. The lowest BCUT2D eigenvalue weighted by Gasteiger charge is -2.19. The number of hydrogen-bond acceptors (Lipinski definition) is 2. The average molecular weight is 401 g/mol. The van der Waals surface area contributed by atoms with Crippen LogP contribution in [0.2, 0.25) is 0 Å². The maximum atomic E-state index is 5.92. The fourth-order valence-corrected chi connectivity index (χ4v) is 1.82. The van der Waals surface area contributed by atoms with E-state index < -0.39 is 0 Å². The van der Waals surface area contributed by atoms with Crippen LogP contribution in [0.25, 0.3) is 0 Å². The summed E-state index contributed by atoms with van der Waals surface area (Å²) in [6.45, 7) is 6.89. The van der Waals surface area contributed by atoms with Crippen molar-refractivity contribution < 1.29 is 4.74 Å². The summed E-state index contributed by atoms with van der Waals surface area (Å²) in [7, 11) is 0. The normalized spacial score (nSPS) is 10.4. The van der Waals surface area contributed by atoms with E-state index in [1.54, 1.807) is 0 Å². The number of hydrogen-bond donors (Lipinski definition) is 1. The molecule has 0 bridgehead atoms. The van der Waals surface area contributed by atoms with E-state index in [1.807, 2.05) is 29.2 Å². The van der Waals surface area contributed by atoms with Gasteiger partial charge in [-0.05, 0) is 38.0 Å². The molecule has 1 aromatic rings. The van der Waals surface area contributed by atoms with Crippen LogP contribution in [0, 0.1) is 12.3 Å². The molecule has 0 aromatic heterocycles. The smallest absolute Gasteiger partial charge is 0.191 e. The standard InChI is InChI=1S/C16H23N3O.HI/c1-4-13-20-15-9-7-14(8-10-15)11-12-18-16(17)19(5-2)6-3;/h1,7-10H,5-6,11-13H2,2-3H3,(H2,17,18);1H. The van der Waals surface area contributed by atoms with Gasteiger partial charge in [-0.3, -0.25) is 4.99 Å². The molecule has 0 spiro atoms. The third-order valence-corrected chi connectivity index (χ3v) is 3.01. The minimum absolute atomic E-state index is 0. The highest BCUT2D eigenvalue weighted by Gasteiger charge is 2.01. The van der Waals surface area contributed by atoms with Crippen LogP contribution in [-0.2, 0) is 6.42 Å². The first kappa shape index (κ1) is 19.6. The fourth-order valence-electron chi connectivity index (χ4n) is 1.82. The number of aliphatic imine (C=N–C) groups is 1. The predicted octanol–water partition coefficient (Wildman–Crippen LogP) is 2.52. The minimum atomic E-state index is 0. The number of rotatable bonds is 7. The zero-order chi connectivity index (χ0) is 14.8. The van der Waals surface area contributed by atoms with E-state index in [-0.39, 0.29) is 24.0 Å². The van der Waals surface area contributed by atoms with Gasteiger partial charge in [0.1, 0.15) is 12.4 Å². The van der Waals surface area contributed by atoms with E-state index in [4.69, 9.17) is 16.9 Å². The zero-order valence-corrected chi connectivity index (χ0v) is 15.0. The maximum Gasteiger partial charge on any atom is 0.191 e. The Bertz CT molecular complexity index is 461. The lowest BCUT2D eigenvalue weighted by Crippen LogP contribution is -2.37. The number of guanidine groups is 1. The summed E-state index contributed by atoms with van der Waals surface area (Å²) in [5.41, 5.74) is 7.12. The summed E-state index contributed by atoms with van der Waals surface area (Å²) in [6, 6.07) is 7.89. The van der Waals surface area contributed by atoms with Crippen molar-refractivity contribution in [3.8, 4) is 18.1 Å². The number of ether oxygens (including phenoxy) is 1. The van der Waals surface area contributed by atoms with E-state index in [9.17, 15) is 0 Å². The van der Waals surface area contributed by atoms with Gasteiger partial charge in [0, 0.05) is 19.6 Å². The maximum absolute atomic E-state index is 5.92. The third-order valence-electron chi connectivity index (χ3n) is 3.01. The highest BCUT2D eigenvalue weighted by Crippen LogP contribution is 2.12. The van der Waals surface area contributed by atoms with Crippen LogP contribution < -0.4 is 10.5 Å². The molecule has 0 aliphatic heterocycles. The molecule has 0 heterocycles. The number of terminal acetylenes is 1. The second-order valence-electron chi connectivity index (χ2n) is 4.30. The Hall–Kier alpha value is -1.42. The third kappa shape index (κ3) is 7.23. The summed E-state index contributed by atoms with van der Waals surface area (Å²) < 4.78 is 5.32. The monoisotopic (exact) mass is 401 g/mol. The van der Waals surface area contributed by atoms with Crippen molar-refractivity contribution in [2.45, 2.75) is 20.3 Å².